The third-order valence-electron chi connectivity index (χ3n) is 7.64. The number of rotatable bonds is 2. The number of carbonyl (C=O) groups excluding carboxylic acids is 1. The average molecular weight is 326 g/mol. The van der Waals surface area contributed by atoms with Crippen molar-refractivity contribution in [1.29, 1.82) is 0 Å². The van der Waals surface area contributed by atoms with Crippen LogP contribution in [0, 0.1) is 23.7 Å². The second kappa shape index (κ2) is 5.34. The number of ether oxygens (including phenoxy) is 1. The lowest BCUT2D eigenvalue weighted by molar-refractivity contribution is -0.150. The molecule has 1 saturated carbocycles. The number of esters is 1. The van der Waals surface area contributed by atoms with Crippen LogP contribution in [0.1, 0.15) is 74.6 Å². The topological polar surface area (TPSA) is 26.3 Å². The molecule has 2 heteroatoms. The zero-order valence-corrected chi connectivity index (χ0v) is 15.6. The van der Waals surface area contributed by atoms with E-state index in [9.17, 15) is 4.79 Å². The van der Waals surface area contributed by atoms with Crippen LogP contribution < -0.4 is 0 Å². The van der Waals surface area contributed by atoms with Gasteiger partial charge in [-0.05, 0) is 78.5 Å². The Morgan fingerprint density at radius 3 is 2.83 bits per heavy atom. The highest BCUT2D eigenvalue weighted by Crippen LogP contribution is 2.64. The van der Waals surface area contributed by atoms with Gasteiger partial charge in [-0.3, -0.25) is 4.79 Å². The molecule has 2 nitrogen and oxygen atoms in total. The van der Waals surface area contributed by atoms with Gasteiger partial charge in [0.05, 0.1) is 6.61 Å². The molecule has 4 atom stereocenters. The maximum absolute atomic E-state index is 11.4. The highest BCUT2D eigenvalue weighted by molar-refractivity contribution is 5.65. The monoisotopic (exact) mass is 326 g/mol. The molecule has 0 spiro atoms. The zero-order chi connectivity index (χ0) is 17.1. The van der Waals surface area contributed by atoms with Gasteiger partial charge in [0.15, 0.2) is 0 Å². The van der Waals surface area contributed by atoms with Gasteiger partial charge < -0.3 is 4.74 Å². The fraction of sp³-hybridized carbons (Fsp3) is 0.682. The van der Waals surface area contributed by atoms with E-state index in [1.165, 1.54) is 44.6 Å². The summed E-state index contributed by atoms with van der Waals surface area (Å²) in [6, 6.07) is 4.71. The smallest absolute Gasteiger partial charge is 0.302 e. The van der Waals surface area contributed by atoms with Crippen LogP contribution in [0.2, 0.25) is 0 Å². The van der Waals surface area contributed by atoms with Crippen molar-refractivity contribution in [2.75, 3.05) is 6.61 Å². The summed E-state index contributed by atoms with van der Waals surface area (Å²) < 4.78 is 5.53. The maximum Gasteiger partial charge on any atom is 0.302 e. The SMILES string of the molecule is CC(=O)OC[C@@]1(C)CCC[C@@]2(C)[C@@H]3CCc4c(C)ccc(c43)C[C@H]12. The molecule has 3 aliphatic rings. The minimum atomic E-state index is -0.140. The van der Waals surface area contributed by atoms with E-state index in [1.807, 2.05) is 0 Å². The van der Waals surface area contributed by atoms with Crippen molar-refractivity contribution >= 4 is 5.97 Å². The number of fused-ring (bicyclic) bond motifs is 2. The van der Waals surface area contributed by atoms with Gasteiger partial charge in [0.25, 0.3) is 0 Å². The third-order valence-corrected chi connectivity index (χ3v) is 7.64. The summed E-state index contributed by atoms with van der Waals surface area (Å²) in [5, 5.41) is 0. The van der Waals surface area contributed by atoms with Crippen LogP contribution in [0.4, 0.5) is 0 Å². The Morgan fingerprint density at radius 2 is 2.08 bits per heavy atom. The summed E-state index contributed by atoms with van der Waals surface area (Å²) in [7, 11) is 0. The molecule has 0 aromatic heterocycles. The summed E-state index contributed by atoms with van der Waals surface area (Å²) in [4.78, 5) is 11.4. The van der Waals surface area contributed by atoms with Gasteiger partial charge in [0.2, 0.25) is 0 Å². The molecule has 0 N–H and O–H groups in total. The van der Waals surface area contributed by atoms with E-state index < -0.39 is 0 Å². The molecule has 4 rings (SSSR count). The molecular weight excluding hydrogens is 296 g/mol. The third kappa shape index (κ3) is 2.18. The van der Waals surface area contributed by atoms with Gasteiger partial charge in [0, 0.05) is 12.3 Å². The first kappa shape index (κ1) is 16.2. The first-order chi connectivity index (χ1) is 11.3. The normalized spacial score (nSPS) is 36.8. The number of aryl methyl sites for hydroxylation is 1. The van der Waals surface area contributed by atoms with Gasteiger partial charge >= 0.3 is 5.97 Å². The van der Waals surface area contributed by atoms with Gasteiger partial charge in [-0.1, -0.05) is 32.4 Å². The molecule has 0 amide bonds. The first-order valence-electron chi connectivity index (χ1n) is 9.60. The van der Waals surface area contributed by atoms with E-state index >= 15 is 0 Å². The van der Waals surface area contributed by atoms with Gasteiger partial charge in [-0.25, -0.2) is 0 Å². The molecule has 0 saturated heterocycles. The molecule has 1 aromatic carbocycles. The molecule has 0 unspecified atom stereocenters. The van der Waals surface area contributed by atoms with Crippen LogP contribution in [-0.2, 0) is 22.4 Å². The summed E-state index contributed by atoms with van der Waals surface area (Å²) in [6.45, 7) is 9.30. The van der Waals surface area contributed by atoms with Crippen LogP contribution in [0.25, 0.3) is 0 Å². The number of benzene rings is 1. The second-order valence-corrected chi connectivity index (χ2v) is 9.08. The largest absolute Gasteiger partial charge is 0.465 e. The Bertz CT molecular complexity index is 691. The van der Waals surface area contributed by atoms with E-state index in [1.54, 1.807) is 16.7 Å². The fourth-order valence-electron chi connectivity index (χ4n) is 6.43. The lowest BCUT2D eigenvalue weighted by Gasteiger charge is -2.57. The number of carbonyl (C=O) groups is 1. The Balaban J connectivity index is 1.77. The molecule has 0 aliphatic heterocycles. The molecule has 1 aromatic rings. The minimum Gasteiger partial charge on any atom is -0.465 e. The Kier molecular flexibility index (Phi) is 3.60. The van der Waals surface area contributed by atoms with Crippen molar-refractivity contribution in [3.05, 3.63) is 34.4 Å². The van der Waals surface area contributed by atoms with Crippen LogP contribution in [0.5, 0.6) is 0 Å². The van der Waals surface area contributed by atoms with E-state index in [-0.39, 0.29) is 11.4 Å². The van der Waals surface area contributed by atoms with Crippen molar-refractivity contribution in [3.63, 3.8) is 0 Å². The summed E-state index contributed by atoms with van der Waals surface area (Å²) in [6.07, 6.45) is 7.49. The number of hydrogen-bond donors (Lipinski definition) is 0. The Morgan fingerprint density at radius 1 is 1.29 bits per heavy atom. The molecule has 24 heavy (non-hydrogen) atoms. The van der Waals surface area contributed by atoms with Crippen molar-refractivity contribution < 1.29 is 9.53 Å². The van der Waals surface area contributed by atoms with E-state index in [2.05, 4.69) is 32.9 Å². The zero-order valence-electron chi connectivity index (χ0n) is 15.6. The lowest BCUT2D eigenvalue weighted by Crippen LogP contribution is -2.51. The Hall–Kier alpha value is -1.31. The lowest BCUT2D eigenvalue weighted by atomic mass is 9.47. The quantitative estimate of drug-likeness (QED) is 0.718. The van der Waals surface area contributed by atoms with Crippen molar-refractivity contribution in [2.24, 2.45) is 16.7 Å². The molecule has 1 fully saturated rings. The first-order valence-corrected chi connectivity index (χ1v) is 9.60. The van der Waals surface area contributed by atoms with Crippen molar-refractivity contribution in [3.8, 4) is 0 Å². The average Bonchev–Trinajstić information content (AvgIpc) is 2.98. The van der Waals surface area contributed by atoms with Gasteiger partial charge in [-0.15, -0.1) is 0 Å². The molecular formula is C22H30O2. The Labute approximate surface area is 146 Å². The van der Waals surface area contributed by atoms with Crippen LogP contribution >= 0.6 is 0 Å². The predicted octanol–water partition coefficient (Wildman–Crippen LogP) is 4.96. The summed E-state index contributed by atoms with van der Waals surface area (Å²) in [5.74, 6) is 1.18. The van der Waals surface area contributed by atoms with E-state index in [4.69, 9.17) is 4.74 Å². The molecule has 130 valence electrons. The standard InChI is InChI=1S/C22H30O2/c1-14-6-7-16-12-19-21(3,13-24-15(2)23)10-5-11-22(19,4)18-9-8-17(14)20(16)18/h6-7,18-19H,5,8-13H2,1-4H3/t18-,19-,21-,22+/m1/s1. The van der Waals surface area contributed by atoms with Crippen LogP contribution in [0.3, 0.4) is 0 Å². The van der Waals surface area contributed by atoms with Gasteiger partial charge in [-0.2, -0.15) is 0 Å². The second-order valence-electron chi connectivity index (χ2n) is 9.08. The number of hydrogen-bond acceptors (Lipinski definition) is 2. The van der Waals surface area contributed by atoms with Crippen molar-refractivity contribution in [2.45, 2.75) is 72.1 Å². The highest BCUT2D eigenvalue weighted by atomic mass is 16.5. The summed E-state index contributed by atoms with van der Waals surface area (Å²) >= 11 is 0. The van der Waals surface area contributed by atoms with E-state index in [0.717, 1.165) is 6.42 Å². The molecule has 0 heterocycles. The minimum absolute atomic E-state index is 0.115. The maximum atomic E-state index is 11.4. The van der Waals surface area contributed by atoms with Crippen LogP contribution in [0.15, 0.2) is 12.1 Å². The van der Waals surface area contributed by atoms with Crippen LogP contribution in [-0.4, -0.2) is 12.6 Å². The van der Waals surface area contributed by atoms with Crippen molar-refractivity contribution in [1.82, 2.24) is 0 Å². The summed E-state index contributed by atoms with van der Waals surface area (Å²) in [5.41, 5.74) is 6.88. The molecule has 0 radical (unpaired) electrons. The van der Waals surface area contributed by atoms with E-state index in [0.29, 0.717) is 23.9 Å². The molecule has 0 bridgehead atoms. The van der Waals surface area contributed by atoms with Gasteiger partial charge in [0.1, 0.15) is 0 Å². The molecule has 3 aliphatic carbocycles. The highest BCUT2D eigenvalue weighted by Gasteiger charge is 2.56. The predicted molar refractivity (Wildman–Crippen MR) is 96.1 cm³/mol. The fourth-order valence-corrected chi connectivity index (χ4v) is 6.43.